The van der Waals surface area contributed by atoms with Crippen molar-refractivity contribution in [2.75, 3.05) is 13.1 Å². The lowest BCUT2D eigenvalue weighted by molar-refractivity contribution is -0.149. The van der Waals surface area contributed by atoms with Crippen LogP contribution in [0.5, 0.6) is 0 Å². The summed E-state index contributed by atoms with van der Waals surface area (Å²) in [5.74, 6) is -1.87. The van der Waals surface area contributed by atoms with Crippen molar-refractivity contribution in [1.29, 1.82) is 0 Å². The van der Waals surface area contributed by atoms with E-state index in [2.05, 4.69) is 4.98 Å². The number of hydrogen-bond donors (Lipinski definition) is 1. The molecule has 1 fully saturated rings. The van der Waals surface area contributed by atoms with Gasteiger partial charge in [-0.1, -0.05) is 6.07 Å². The number of carboxylic acids is 1. The van der Waals surface area contributed by atoms with Crippen molar-refractivity contribution in [3.63, 3.8) is 0 Å². The van der Waals surface area contributed by atoms with Crippen LogP contribution in [0.25, 0.3) is 10.9 Å². The molecule has 0 aliphatic carbocycles. The molecule has 2 heterocycles. The van der Waals surface area contributed by atoms with Crippen molar-refractivity contribution < 1.29 is 19.1 Å². The van der Waals surface area contributed by atoms with Crippen molar-refractivity contribution in [2.24, 2.45) is 0 Å². The highest BCUT2D eigenvalue weighted by Crippen LogP contribution is 2.27. The fraction of sp³-hybridized carbons (Fsp3) is 0.267. The fourth-order valence-corrected chi connectivity index (χ4v) is 2.51. The molecule has 2 aromatic rings. The third kappa shape index (κ3) is 2.33. The summed E-state index contributed by atoms with van der Waals surface area (Å²) in [4.78, 5) is 28.6. The molecule has 21 heavy (non-hydrogen) atoms. The lowest BCUT2D eigenvalue weighted by Crippen LogP contribution is -2.38. The van der Waals surface area contributed by atoms with Crippen molar-refractivity contribution in [3.8, 4) is 0 Å². The quantitative estimate of drug-likeness (QED) is 0.916. The molecule has 0 spiro atoms. The van der Waals surface area contributed by atoms with Crippen molar-refractivity contribution in [2.45, 2.75) is 12.1 Å². The minimum atomic E-state index is -2.34. The Morgan fingerprint density at radius 3 is 2.86 bits per heavy atom. The number of carboxylic acid groups (broad SMARTS) is 1. The van der Waals surface area contributed by atoms with Gasteiger partial charge in [0.2, 0.25) is 5.67 Å². The van der Waals surface area contributed by atoms with Crippen LogP contribution >= 0.6 is 0 Å². The number of carbonyl (C=O) groups is 2. The van der Waals surface area contributed by atoms with Gasteiger partial charge in [-0.3, -0.25) is 9.78 Å². The summed E-state index contributed by atoms with van der Waals surface area (Å²) >= 11 is 0. The Labute approximate surface area is 120 Å². The second-order valence-electron chi connectivity index (χ2n) is 5.16. The number of hydrogen-bond acceptors (Lipinski definition) is 3. The SMILES string of the molecule is O=C(c1ccc2ncccc2c1)N1CCC(F)(C(=O)O)C1. The summed E-state index contributed by atoms with van der Waals surface area (Å²) in [6, 6.07) is 8.63. The van der Waals surface area contributed by atoms with E-state index >= 15 is 0 Å². The maximum absolute atomic E-state index is 14.0. The highest BCUT2D eigenvalue weighted by Gasteiger charge is 2.46. The number of carbonyl (C=O) groups excluding carboxylic acids is 1. The zero-order valence-electron chi connectivity index (χ0n) is 11.1. The highest BCUT2D eigenvalue weighted by atomic mass is 19.1. The number of halogens is 1. The molecular formula is C15H13FN2O3. The van der Waals surface area contributed by atoms with Crippen LogP contribution in [-0.2, 0) is 4.79 Å². The minimum Gasteiger partial charge on any atom is -0.479 e. The van der Waals surface area contributed by atoms with E-state index in [1.807, 2.05) is 6.07 Å². The average molecular weight is 288 g/mol. The number of alkyl halides is 1. The Balaban J connectivity index is 1.86. The number of rotatable bonds is 2. The molecule has 1 aliphatic rings. The van der Waals surface area contributed by atoms with Gasteiger partial charge in [0, 0.05) is 30.1 Å². The van der Waals surface area contributed by atoms with Crippen LogP contribution in [0.2, 0.25) is 0 Å². The van der Waals surface area contributed by atoms with Gasteiger partial charge in [-0.05, 0) is 24.3 Å². The van der Waals surface area contributed by atoms with E-state index in [-0.39, 0.29) is 18.9 Å². The summed E-state index contributed by atoms with van der Waals surface area (Å²) in [5, 5.41) is 9.68. The largest absolute Gasteiger partial charge is 0.479 e. The molecule has 5 nitrogen and oxygen atoms in total. The first kappa shape index (κ1) is 13.5. The molecule has 0 bridgehead atoms. The minimum absolute atomic E-state index is 0.104. The van der Waals surface area contributed by atoms with Gasteiger partial charge in [-0.15, -0.1) is 0 Å². The van der Waals surface area contributed by atoms with Crippen LogP contribution in [0.4, 0.5) is 4.39 Å². The Bertz CT molecular complexity index is 734. The van der Waals surface area contributed by atoms with Gasteiger partial charge in [-0.25, -0.2) is 9.18 Å². The summed E-state index contributed by atoms with van der Waals surface area (Å²) < 4.78 is 14.0. The molecule has 1 atom stereocenters. The van der Waals surface area contributed by atoms with Crippen molar-refractivity contribution >= 4 is 22.8 Å². The maximum atomic E-state index is 14.0. The lowest BCUT2D eigenvalue weighted by Gasteiger charge is -2.18. The number of amides is 1. The maximum Gasteiger partial charge on any atom is 0.343 e. The van der Waals surface area contributed by atoms with Crippen LogP contribution in [0.3, 0.4) is 0 Å². The summed E-state index contributed by atoms with van der Waals surface area (Å²) in [5.41, 5.74) is -1.17. The number of pyridine rings is 1. The van der Waals surface area contributed by atoms with Crippen LogP contribution in [-0.4, -0.2) is 45.6 Å². The van der Waals surface area contributed by atoms with Crippen LogP contribution in [0.1, 0.15) is 16.8 Å². The van der Waals surface area contributed by atoms with Crippen LogP contribution in [0, 0.1) is 0 Å². The molecule has 1 N–H and O–H groups in total. The summed E-state index contributed by atoms with van der Waals surface area (Å²) in [6.07, 6.45) is 1.48. The molecule has 1 aromatic heterocycles. The smallest absolute Gasteiger partial charge is 0.343 e. The molecule has 1 unspecified atom stereocenters. The number of aromatic nitrogens is 1. The zero-order chi connectivity index (χ0) is 15.0. The normalized spacial score (nSPS) is 21.7. The molecule has 0 saturated carbocycles. The second kappa shape index (κ2) is 4.80. The van der Waals surface area contributed by atoms with E-state index in [0.29, 0.717) is 5.56 Å². The molecule has 108 valence electrons. The van der Waals surface area contributed by atoms with Crippen LogP contribution in [0.15, 0.2) is 36.5 Å². The Kier molecular flexibility index (Phi) is 3.08. The van der Waals surface area contributed by atoms with E-state index in [0.717, 1.165) is 10.9 Å². The predicted molar refractivity (Wildman–Crippen MR) is 73.7 cm³/mol. The molecule has 1 saturated heterocycles. The number of aliphatic carboxylic acids is 1. The lowest BCUT2D eigenvalue weighted by atomic mass is 10.1. The number of nitrogens with zero attached hydrogens (tertiary/aromatic N) is 2. The van der Waals surface area contributed by atoms with Gasteiger partial charge >= 0.3 is 5.97 Å². The Morgan fingerprint density at radius 1 is 1.33 bits per heavy atom. The topological polar surface area (TPSA) is 70.5 Å². The van der Waals surface area contributed by atoms with E-state index < -0.39 is 18.2 Å². The Morgan fingerprint density at radius 2 is 2.14 bits per heavy atom. The third-order valence-electron chi connectivity index (χ3n) is 3.74. The second-order valence-corrected chi connectivity index (χ2v) is 5.16. The van der Waals surface area contributed by atoms with E-state index in [9.17, 15) is 14.0 Å². The first-order valence-electron chi connectivity index (χ1n) is 6.56. The molecule has 6 heteroatoms. The van der Waals surface area contributed by atoms with Gasteiger partial charge in [0.05, 0.1) is 12.1 Å². The molecule has 1 amide bonds. The number of fused-ring (bicyclic) bond motifs is 1. The first-order valence-corrected chi connectivity index (χ1v) is 6.56. The predicted octanol–water partition coefficient (Wildman–Crippen LogP) is 1.87. The van der Waals surface area contributed by atoms with Gasteiger partial charge in [0.25, 0.3) is 5.91 Å². The van der Waals surface area contributed by atoms with Gasteiger partial charge in [0.1, 0.15) is 0 Å². The summed E-state index contributed by atoms with van der Waals surface area (Å²) in [6.45, 7) is -0.307. The fourth-order valence-electron chi connectivity index (χ4n) is 2.51. The standard InChI is InChI=1S/C15H13FN2O3/c16-15(14(20)21)5-7-18(9-15)13(19)11-3-4-12-10(8-11)2-1-6-17-12/h1-4,6,8H,5,7,9H2,(H,20,21). The van der Waals surface area contributed by atoms with Crippen LogP contribution < -0.4 is 0 Å². The van der Waals surface area contributed by atoms with Crippen molar-refractivity contribution in [1.82, 2.24) is 9.88 Å². The summed E-state index contributed by atoms with van der Waals surface area (Å²) in [7, 11) is 0. The van der Waals surface area contributed by atoms with E-state index in [1.54, 1.807) is 30.5 Å². The molecule has 1 aromatic carbocycles. The zero-order valence-corrected chi connectivity index (χ0v) is 11.1. The van der Waals surface area contributed by atoms with E-state index in [4.69, 9.17) is 5.11 Å². The van der Waals surface area contributed by atoms with Gasteiger partial charge in [-0.2, -0.15) is 0 Å². The Hall–Kier alpha value is -2.50. The molecular weight excluding hydrogens is 275 g/mol. The number of likely N-dealkylation sites (tertiary alicyclic amines) is 1. The first-order chi connectivity index (χ1) is 9.99. The highest BCUT2D eigenvalue weighted by molar-refractivity contribution is 5.98. The monoisotopic (exact) mass is 288 g/mol. The van der Waals surface area contributed by atoms with Crippen molar-refractivity contribution in [3.05, 3.63) is 42.1 Å². The van der Waals surface area contributed by atoms with Gasteiger partial charge < -0.3 is 10.0 Å². The number of benzene rings is 1. The van der Waals surface area contributed by atoms with E-state index in [1.165, 1.54) is 4.90 Å². The molecule has 3 rings (SSSR count). The average Bonchev–Trinajstić information content (AvgIpc) is 2.90. The third-order valence-corrected chi connectivity index (χ3v) is 3.74. The van der Waals surface area contributed by atoms with Gasteiger partial charge in [0.15, 0.2) is 0 Å². The molecule has 0 radical (unpaired) electrons. The molecule has 1 aliphatic heterocycles.